The summed E-state index contributed by atoms with van der Waals surface area (Å²) in [5.74, 6) is -0.502. The van der Waals surface area contributed by atoms with Crippen molar-refractivity contribution in [1.29, 1.82) is 0 Å². The molecule has 1 amide bonds. The maximum absolute atomic E-state index is 12.2. The molecule has 2 aromatic rings. The van der Waals surface area contributed by atoms with Crippen LogP contribution in [0.3, 0.4) is 0 Å². The van der Waals surface area contributed by atoms with Gasteiger partial charge in [-0.15, -0.1) is 0 Å². The fourth-order valence-corrected chi connectivity index (χ4v) is 2.42. The number of benzene rings is 1. The lowest BCUT2D eigenvalue weighted by Crippen LogP contribution is -2.30. The number of methoxy groups -OCH3 is 1. The van der Waals surface area contributed by atoms with Gasteiger partial charge in [0.15, 0.2) is 0 Å². The van der Waals surface area contributed by atoms with Crippen molar-refractivity contribution >= 4 is 23.5 Å². The average molecular weight is 350 g/mol. The summed E-state index contributed by atoms with van der Waals surface area (Å²) >= 11 is 5.89. The number of carbonyl (C=O) groups is 2. The molecule has 1 aromatic carbocycles. The minimum atomic E-state index is -0.438. The Bertz CT molecular complexity index is 656. The van der Waals surface area contributed by atoms with E-state index in [1.807, 2.05) is 12.3 Å². The third-order valence-corrected chi connectivity index (χ3v) is 3.81. The van der Waals surface area contributed by atoms with Crippen LogP contribution in [0.5, 0.6) is 0 Å². The quantitative estimate of drug-likeness (QED) is 0.744. The summed E-state index contributed by atoms with van der Waals surface area (Å²) in [7, 11) is 1.33. The zero-order valence-electron chi connectivity index (χ0n) is 13.4. The normalized spacial score (nSPS) is 11.8. The Balaban J connectivity index is 1.92. The molecule has 0 radical (unpaired) electrons. The highest BCUT2D eigenvalue weighted by Gasteiger charge is 2.18. The van der Waals surface area contributed by atoms with E-state index in [2.05, 4.69) is 10.4 Å². The van der Waals surface area contributed by atoms with Crippen molar-refractivity contribution in [2.75, 3.05) is 7.11 Å². The summed E-state index contributed by atoms with van der Waals surface area (Å²) in [5.41, 5.74) is 0.810. The van der Waals surface area contributed by atoms with Gasteiger partial charge in [-0.25, -0.2) is 0 Å². The molecule has 0 fully saturated rings. The molecule has 7 heteroatoms. The van der Waals surface area contributed by atoms with E-state index in [1.54, 1.807) is 35.1 Å². The van der Waals surface area contributed by atoms with Gasteiger partial charge in [0.25, 0.3) is 0 Å². The molecule has 0 aliphatic rings. The molecular weight excluding hydrogens is 330 g/mol. The van der Waals surface area contributed by atoms with Crippen LogP contribution in [0.25, 0.3) is 0 Å². The average Bonchev–Trinajstić information content (AvgIpc) is 3.08. The minimum Gasteiger partial charge on any atom is -0.469 e. The van der Waals surface area contributed by atoms with Gasteiger partial charge in [-0.2, -0.15) is 5.10 Å². The summed E-state index contributed by atoms with van der Waals surface area (Å²) in [5, 5.41) is 7.58. The molecule has 0 spiro atoms. The SMILES string of the molecule is COC(=O)C[C@@H](NC(=O)CCCn1cccn1)c1ccc(Cl)cc1. The van der Waals surface area contributed by atoms with Crippen molar-refractivity contribution in [2.24, 2.45) is 0 Å². The van der Waals surface area contributed by atoms with Crippen LogP contribution < -0.4 is 5.32 Å². The molecule has 1 heterocycles. The number of aromatic nitrogens is 2. The molecule has 0 aliphatic carbocycles. The number of ether oxygens (including phenoxy) is 1. The van der Waals surface area contributed by atoms with Crippen molar-refractivity contribution in [3.8, 4) is 0 Å². The lowest BCUT2D eigenvalue weighted by Gasteiger charge is -2.18. The number of carbonyl (C=O) groups excluding carboxylic acids is 2. The van der Waals surface area contributed by atoms with Gasteiger partial charge in [-0.05, 0) is 30.2 Å². The number of hydrogen-bond acceptors (Lipinski definition) is 4. The first-order valence-electron chi connectivity index (χ1n) is 7.67. The van der Waals surface area contributed by atoms with Gasteiger partial charge in [0.05, 0.1) is 19.6 Å². The first-order chi connectivity index (χ1) is 11.6. The number of amides is 1. The van der Waals surface area contributed by atoms with E-state index in [0.29, 0.717) is 24.4 Å². The van der Waals surface area contributed by atoms with Gasteiger partial charge in [-0.3, -0.25) is 14.3 Å². The molecular formula is C17H20ClN3O3. The molecule has 1 N–H and O–H groups in total. The first-order valence-corrected chi connectivity index (χ1v) is 8.05. The summed E-state index contributed by atoms with van der Waals surface area (Å²) in [6.45, 7) is 0.670. The van der Waals surface area contributed by atoms with Crippen LogP contribution in [0.15, 0.2) is 42.7 Å². The fraction of sp³-hybridized carbons (Fsp3) is 0.353. The molecule has 6 nitrogen and oxygen atoms in total. The van der Waals surface area contributed by atoms with Crippen molar-refractivity contribution in [1.82, 2.24) is 15.1 Å². The minimum absolute atomic E-state index is 0.0724. The molecule has 0 saturated carbocycles. The fourth-order valence-electron chi connectivity index (χ4n) is 2.30. The Hall–Kier alpha value is -2.34. The van der Waals surface area contributed by atoms with Gasteiger partial charge in [0.1, 0.15) is 0 Å². The zero-order valence-corrected chi connectivity index (χ0v) is 14.2. The Kier molecular flexibility index (Phi) is 6.81. The van der Waals surface area contributed by atoms with Gasteiger partial charge in [0.2, 0.25) is 5.91 Å². The molecule has 1 atom stereocenters. The molecule has 128 valence electrons. The van der Waals surface area contributed by atoms with Gasteiger partial charge in [0, 0.05) is 30.4 Å². The zero-order chi connectivity index (χ0) is 17.4. The number of nitrogens with zero attached hydrogens (tertiary/aromatic N) is 2. The van der Waals surface area contributed by atoms with Crippen molar-refractivity contribution in [3.05, 3.63) is 53.3 Å². The molecule has 0 saturated heterocycles. The first kappa shape index (κ1) is 18.0. The smallest absolute Gasteiger partial charge is 0.307 e. The van der Waals surface area contributed by atoms with E-state index < -0.39 is 6.04 Å². The van der Waals surface area contributed by atoms with Crippen LogP contribution >= 0.6 is 11.6 Å². The lowest BCUT2D eigenvalue weighted by atomic mass is 10.0. The third kappa shape index (κ3) is 5.70. The number of nitrogens with one attached hydrogen (secondary N) is 1. The largest absolute Gasteiger partial charge is 0.469 e. The Morgan fingerprint density at radius 3 is 2.71 bits per heavy atom. The maximum Gasteiger partial charge on any atom is 0.307 e. The van der Waals surface area contributed by atoms with Crippen molar-refractivity contribution in [2.45, 2.75) is 31.8 Å². The van der Waals surface area contributed by atoms with Gasteiger partial charge >= 0.3 is 5.97 Å². The monoisotopic (exact) mass is 349 g/mol. The Morgan fingerprint density at radius 1 is 1.33 bits per heavy atom. The number of hydrogen-bond donors (Lipinski definition) is 1. The van der Waals surface area contributed by atoms with Crippen LogP contribution in [0.2, 0.25) is 5.02 Å². The van der Waals surface area contributed by atoms with Crippen LogP contribution in [-0.2, 0) is 20.9 Å². The van der Waals surface area contributed by atoms with Gasteiger partial charge < -0.3 is 10.1 Å². The summed E-state index contributed by atoms with van der Waals surface area (Å²) in [6.07, 6.45) is 4.64. The molecule has 24 heavy (non-hydrogen) atoms. The highest BCUT2D eigenvalue weighted by molar-refractivity contribution is 6.30. The summed E-state index contributed by atoms with van der Waals surface area (Å²) in [4.78, 5) is 23.8. The van der Waals surface area contributed by atoms with E-state index in [0.717, 1.165) is 5.56 Å². The van der Waals surface area contributed by atoms with Crippen LogP contribution in [-0.4, -0.2) is 28.8 Å². The van der Waals surface area contributed by atoms with Crippen LogP contribution in [0.4, 0.5) is 0 Å². The predicted octanol–water partition coefficient (Wildman–Crippen LogP) is 2.74. The predicted molar refractivity (Wildman–Crippen MR) is 90.4 cm³/mol. The maximum atomic E-state index is 12.2. The van der Waals surface area contributed by atoms with Crippen LogP contribution in [0, 0.1) is 0 Å². The number of aryl methyl sites for hydroxylation is 1. The Morgan fingerprint density at radius 2 is 2.08 bits per heavy atom. The summed E-state index contributed by atoms with van der Waals surface area (Å²) < 4.78 is 6.49. The topological polar surface area (TPSA) is 73.2 Å². The molecule has 2 rings (SSSR count). The number of esters is 1. The van der Waals surface area contributed by atoms with Gasteiger partial charge in [-0.1, -0.05) is 23.7 Å². The second-order valence-electron chi connectivity index (χ2n) is 5.32. The lowest BCUT2D eigenvalue weighted by molar-refractivity contribution is -0.141. The van der Waals surface area contributed by atoms with E-state index >= 15 is 0 Å². The van der Waals surface area contributed by atoms with E-state index in [4.69, 9.17) is 16.3 Å². The number of rotatable bonds is 8. The van der Waals surface area contributed by atoms with Crippen LogP contribution in [0.1, 0.15) is 30.9 Å². The van der Waals surface area contributed by atoms with E-state index in [-0.39, 0.29) is 18.3 Å². The number of halogens is 1. The van der Waals surface area contributed by atoms with Crippen molar-refractivity contribution < 1.29 is 14.3 Å². The third-order valence-electron chi connectivity index (χ3n) is 3.56. The molecule has 0 unspecified atom stereocenters. The highest BCUT2D eigenvalue weighted by atomic mass is 35.5. The van der Waals surface area contributed by atoms with Crippen molar-refractivity contribution in [3.63, 3.8) is 0 Å². The van der Waals surface area contributed by atoms with E-state index in [9.17, 15) is 9.59 Å². The molecule has 0 aliphatic heterocycles. The molecule has 0 bridgehead atoms. The second-order valence-corrected chi connectivity index (χ2v) is 5.76. The Labute approximate surface area is 145 Å². The molecule has 1 aromatic heterocycles. The second kappa shape index (κ2) is 9.08. The standard InChI is InChI=1S/C17H20ClN3O3/c1-24-17(23)12-15(13-5-7-14(18)8-6-13)20-16(22)4-2-10-21-11-3-9-19-21/h3,5-9,11,15H,2,4,10,12H2,1H3,(H,20,22)/t15-/m1/s1. The summed E-state index contributed by atoms with van der Waals surface area (Å²) in [6, 6.07) is 8.44. The van der Waals surface area contributed by atoms with E-state index in [1.165, 1.54) is 7.11 Å². The highest BCUT2D eigenvalue weighted by Crippen LogP contribution is 2.20.